The van der Waals surface area contributed by atoms with E-state index in [4.69, 9.17) is 9.47 Å². The summed E-state index contributed by atoms with van der Waals surface area (Å²) in [5.41, 5.74) is 4.93. The Kier molecular flexibility index (Phi) is 5.96. The van der Waals surface area contributed by atoms with Gasteiger partial charge in [-0.15, -0.1) is 0 Å². The smallest absolute Gasteiger partial charge is 0.307 e. The topological polar surface area (TPSA) is 91.8 Å². The monoisotopic (exact) mass is 441 g/mol. The predicted molar refractivity (Wildman–Crippen MR) is 121 cm³/mol. The van der Waals surface area contributed by atoms with Crippen molar-refractivity contribution < 1.29 is 19.7 Å². The molecule has 164 valence electrons. The highest BCUT2D eigenvalue weighted by atomic mass is 32.1. The molecule has 2 heterocycles. The Hall–Kier alpha value is -2.93. The highest BCUT2D eigenvalue weighted by molar-refractivity contribution is 7.09. The summed E-state index contributed by atoms with van der Waals surface area (Å²) >= 11 is 1.02. The summed E-state index contributed by atoms with van der Waals surface area (Å²) in [6.07, 6.45) is 3.17. The van der Waals surface area contributed by atoms with Crippen LogP contribution in [0.4, 0.5) is 0 Å². The van der Waals surface area contributed by atoms with Gasteiger partial charge < -0.3 is 19.7 Å². The fourth-order valence-corrected chi connectivity index (χ4v) is 4.79. The number of benzene rings is 2. The first-order valence-corrected chi connectivity index (χ1v) is 11.3. The molecule has 0 spiro atoms. The van der Waals surface area contributed by atoms with Crippen molar-refractivity contribution in [2.24, 2.45) is 0 Å². The molecule has 3 N–H and O–H groups in total. The number of nitrogens with one attached hydrogen (secondary N) is 1. The number of hydrogen-bond donors (Lipinski definition) is 3. The van der Waals surface area contributed by atoms with Gasteiger partial charge in [-0.3, -0.25) is 9.78 Å². The number of aromatic hydroxyl groups is 2. The Bertz CT molecular complexity index is 1150. The van der Waals surface area contributed by atoms with E-state index in [1.54, 1.807) is 0 Å². The maximum Gasteiger partial charge on any atom is 0.307 e. The summed E-state index contributed by atoms with van der Waals surface area (Å²) in [7, 11) is 0. The molecule has 1 aliphatic heterocycles. The third-order valence-electron chi connectivity index (χ3n) is 6.04. The van der Waals surface area contributed by atoms with Crippen LogP contribution in [0.1, 0.15) is 45.5 Å². The molecule has 0 aliphatic carbocycles. The fraction of sp³-hybridized carbons (Fsp3) is 0.375. The normalized spacial score (nSPS) is 15.4. The number of hydrogen-bond acceptors (Lipinski definition) is 6. The van der Waals surface area contributed by atoms with Crippen molar-refractivity contribution >= 4 is 11.3 Å². The van der Waals surface area contributed by atoms with Gasteiger partial charge in [-0.2, -0.15) is 0 Å². The Morgan fingerprint density at radius 1 is 1.13 bits per heavy atom. The SMILES string of the molecule is Cc1c(C)c2c(c(C)c1O)CCC(CCOc1ccc(Cc3sc(=O)[nH]c3O)cc1)O2. The summed E-state index contributed by atoms with van der Waals surface area (Å²) in [5, 5.41) is 20.0. The molecule has 31 heavy (non-hydrogen) atoms. The largest absolute Gasteiger partial charge is 0.507 e. The van der Waals surface area contributed by atoms with Gasteiger partial charge in [0.2, 0.25) is 5.88 Å². The molecular weight excluding hydrogens is 414 g/mol. The van der Waals surface area contributed by atoms with Crippen LogP contribution in [0.25, 0.3) is 0 Å². The van der Waals surface area contributed by atoms with Crippen molar-refractivity contribution in [1.82, 2.24) is 4.98 Å². The lowest BCUT2D eigenvalue weighted by atomic mass is 9.91. The van der Waals surface area contributed by atoms with Gasteiger partial charge in [-0.1, -0.05) is 23.5 Å². The van der Waals surface area contributed by atoms with E-state index in [2.05, 4.69) is 4.98 Å². The molecule has 1 aliphatic rings. The van der Waals surface area contributed by atoms with Crippen LogP contribution in [0.5, 0.6) is 23.1 Å². The van der Waals surface area contributed by atoms with Gasteiger partial charge in [0.05, 0.1) is 11.5 Å². The number of H-pyrrole nitrogens is 1. The predicted octanol–water partition coefficient (Wildman–Crippen LogP) is 4.53. The van der Waals surface area contributed by atoms with Gasteiger partial charge in [0.1, 0.15) is 23.4 Å². The highest BCUT2D eigenvalue weighted by Crippen LogP contribution is 2.41. The molecule has 0 saturated carbocycles. The minimum Gasteiger partial charge on any atom is -0.507 e. The first-order valence-electron chi connectivity index (χ1n) is 10.4. The number of rotatable bonds is 6. The minimum atomic E-state index is -0.252. The number of aromatic amines is 1. The first kappa shape index (κ1) is 21.3. The zero-order valence-electron chi connectivity index (χ0n) is 17.9. The molecule has 3 aromatic rings. The number of aromatic nitrogens is 1. The van der Waals surface area contributed by atoms with Crippen molar-refractivity contribution in [2.45, 2.75) is 52.6 Å². The third-order valence-corrected chi connectivity index (χ3v) is 6.91. The molecule has 0 saturated heterocycles. The Morgan fingerprint density at radius 2 is 1.87 bits per heavy atom. The van der Waals surface area contributed by atoms with E-state index in [0.29, 0.717) is 23.7 Å². The number of thiazole rings is 1. The van der Waals surface area contributed by atoms with Crippen molar-refractivity contribution in [1.29, 1.82) is 0 Å². The van der Waals surface area contributed by atoms with Gasteiger partial charge in [-0.25, -0.2) is 0 Å². The lowest BCUT2D eigenvalue weighted by Gasteiger charge is -2.30. The summed E-state index contributed by atoms with van der Waals surface area (Å²) in [5.74, 6) is 2.02. The molecule has 7 heteroatoms. The molecule has 0 radical (unpaired) electrons. The zero-order chi connectivity index (χ0) is 22.1. The highest BCUT2D eigenvalue weighted by Gasteiger charge is 2.26. The van der Waals surface area contributed by atoms with Crippen LogP contribution in [0.15, 0.2) is 29.1 Å². The number of fused-ring (bicyclic) bond motifs is 1. The van der Waals surface area contributed by atoms with E-state index >= 15 is 0 Å². The van der Waals surface area contributed by atoms with Gasteiger partial charge in [-0.05, 0) is 68.0 Å². The summed E-state index contributed by atoms with van der Waals surface area (Å²) in [6, 6.07) is 7.68. The second-order valence-corrected chi connectivity index (χ2v) is 9.12. The third kappa shape index (κ3) is 4.42. The average Bonchev–Trinajstić information content (AvgIpc) is 3.08. The van der Waals surface area contributed by atoms with E-state index in [9.17, 15) is 15.0 Å². The van der Waals surface area contributed by atoms with E-state index in [0.717, 1.165) is 69.9 Å². The quantitative estimate of drug-likeness (QED) is 0.523. The summed E-state index contributed by atoms with van der Waals surface area (Å²) in [4.78, 5) is 14.1. The van der Waals surface area contributed by atoms with Crippen LogP contribution < -0.4 is 14.3 Å². The Labute approximate surface area is 185 Å². The molecule has 1 atom stereocenters. The minimum absolute atomic E-state index is 0.0554. The van der Waals surface area contributed by atoms with Crippen molar-refractivity contribution in [3.05, 3.63) is 66.6 Å². The van der Waals surface area contributed by atoms with Crippen LogP contribution in [0.3, 0.4) is 0 Å². The Balaban J connectivity index is 1.32. The number of phenols is 1. The first-order chi connectivity index (χ1) is 14.8. The number of phenolic OH excluding ortho intramolecular Hbond substituents is 1. The van der Waals surface area contributed by atoms with Crippen molar-refractivity contribution in [3.63, 3.8) is 0 Å². The molecule has 1 unspecified atom stereocenters. The molecule has 0 bridgehead atoms. The van der Waals surface area contributed by atoms with Crippen LogP contribution in [0.2, 0.25) is 0 Å². The van der Waals surface area contributed by atoms with E-state index < -0.39 is 0 Å². The van der Waals surface area contributed by atoms with E-state index in [1.165, 1.54) is 0 Å². The van der Waals surface area contributed by atoms with E-state index in [1.807, 2.05) is 45.0 Å². The van der Waals surface area contributed by atoms with Gasteiger partial charge in [0, 0.05) is 18.4 Å². The molecule has 0 amide bonds. The molecular formula is C24H27NO5S. The second-order valence-electron chi connectivity index (χ2n) is 8.05. The summed E-state index contributed by atoms with van der Waals surface area (Å²) < 4.78 is 12.2. The second kappa shape index (κ2) is 8.67. The van der Waals surface area contributed by atoms with E-state index in [-0.39, 0.29) is 16.9 Å². The maximum atomic E-state index is 11.3. The lowest BCUT2D eigenvalue weighted by Crippen LogP contribution is -2.26. The van der Waals surface area contributed by atoms with Crippen LogP contribution in [0, 0.1) is 20.8 Å². The molecule has 1 aromatic heterocycles. The maximum absolute atomic E-state index is 11.3. The van der Waals surface area contributed by atoms with Crippen LogP contribution >= 0.6 is 11.3 Å². The average molecular weight is 442 g/mol. The van der Waals surface area contributed by atoms with Crippen molar-refractivity contribution in [2.75, 3.05) is 6.61 Å². The molecule has 0 fully saturated rings. The fourth-order valence-electron chi connectivity index (χ4n) is 4.03. The lowest BCUT2D eigenvalue weighted by molar-refractivity contribution is 0.138. The van der Waals surface area contributed by atoms with Crippen LogP contribution in [-0.4, -0.2) is 27.9 Å². The van der Waals surface area contributed by atoms with Gasteiger partial charge >= 0.3 is 4.87 Å². The molecule has 6 nitrogen and oxygen atoms in total. The van der Waals surface area contributed by atoms with Crippen LogP contribution in [-0.2, 0) is 12.8 Å². The molecule has 2 aromatic carbocycles. The summed E-state index contributed by atoms with van der Waals surface area (Å²) in [6.45, 7) is 6.43. The zero-order valence-corrected chi connectivity index (χ0v) is 18.8. The van der Waals surface area contributed by atoms with Gasteiger partial charge in [0.25, 0.3) is 0 Å². The standard InChI is InChI=1S/C24H27NO5S/c1-13-14(2)22-19(15(3)21(13)26)9-8-18(30-22)10-11-29-17-6-4-16(5-7-17)12-20-23(27)25-24(28)31-20/h4-7,18,26-27H,8-12H2,1-3H3,(H,25,28). The Morgan fingerprint density at radius 3 is 2.55 bits per heavy atom. The van der Waals surface area contributed by atoms with Crippen molar-refractivity contribution in [3.8, 4) is 23.1 Å². The number of ether oxygens (including phenoxy) is 2. The van der Waals surface area contributed by atoms with Gasteiger partial charge in [0.15, 0.2) is 0 Å². The molecule has 4 rings (SSSR count).